The van der Waals surface area contributed by atoms with E-state index in [-0.39, 0.29) is 5.78 Å². The summed E-state index contributed by atoms with van der Waals surface area (Å²) in [5.74, 6) is -1.34. The molecule has 1 N–H and O–H groups in total. The Hall–Kier alpha value is -2.30. The molecule has 0 aromatic carbocycles. The monoisotopic (exact) mass is 314 g/mol. The first kappa shape index (κ1) is 15.6. The summed E-state index contributed by atoms with van der Waals surface area (Å²) < 4.78 is 3.88. The van der Waals surface area contributed by atoms with Gasteiger partial charge in [-0.2, -0.15) is 0 Å². The highest BCUT2D eigenvalue weighted by Gasteiger charge is 2.29. The minimum atomic E-state index is -0.811. The number of carboxylic acids is 1. The van der Waals surface area contributed by atoms with Crippen LogP contribution in [0.5, 0.6) is 0 Å². The predicted molar refractivity (Wildman–Crippen MR) is 86.8 cm³/mol. The molecule has 1 aliphatic heterocycles. The molecule has 0 saturated carbocycles. The first-order chi connectivity index (χ1) is 11.1. The third-order valence-corrected chi connectivity index (χ3v) is 4.59. The van der Waals surface area contributed by atoms with Gasteiger partial charge in [-0.3, -0.25) is 9.59 Å². The van der Waals surface area contributed by atoms with Gasteiger partial charge in [0.2, 0.25) is 5.78 Å². The zero-order chi connectivity index (χ0) is 16.4. The molecule has 0 saturated heterocycles. The smallest absolute Gasteiger partial charge is 0.312 e. The second kappa shape index (κ2) is 6.44. The van der Waals surface area contributed by atoms with Crippen LogP contribution in [-0.4, -0.2) is 26.0 Å². The molecule has 3 heterocycles. The quantitative estimate of drug-likeness (QED) is 0.832. The van der Waals surface area contributed by atoms with Gasteiger partial charge in [-0.05, 0) is 43.5 Å². The molecule has 1 atom stereocenters. The van der Waals surface area contributed by atoms with E-state index in [0.29, 0.717) is 24.4 Å². The molecule has 2 aromatic heterocycles. The molecular formula is C18H22N2O3. The van der Waals surface area contributed by atoms with E-state index < -0.39 is 11.9 Å². The number of carboxylic acid groups (broad SMARTS) is 1. The number of hydrogen-bond acceptors (Lipinski definition) is 2. The molecule has 3 rings (SSSR count). The normalized spacial score (nSPS) is 17.0. The molecule has 5 heteroatoms. The SMILES string of the molecule is CCCCn1cccc1C(=O)c1ccc2n1CCCC2C(=O)O. The Morgan fingerprint density at radius 1 is 1.26 bits per heavy atom. The summed E-state index contributed by atoms with van der Waals surface area (Å²) in [7, 11) is 0. The largest absolute Gasteiger partial charge is 0.481 e. The number of unbranched alkanes of at least 4 members (excludes halogenated alkanes) is 1. The van der Waals surface area contributed by atoms with Gasteiger partial charge in [-0.15, -0.1) is 0 Å². The highest BCUT2D eigenvalue weighted by Crippen LogP contribution is 2.30. The second-order valence-corrected chi connectivity index (χ2v) is 6.10. The van der Waals surface area contributed by atoms with Crippen molar-refractivity contribution in [3.63, 3.8) is 0 Å². The molecule has 0 radical (unpaired) electrons. The Balaban J connectivity index is 1.93. The van der Waals surface area contributed by atoms with Gasteiger partial charge < -0.3 is 14.2 Å². The fourth-order valence-corrected chi connectivity index (χ4v) is 3.36. The number of carbonyl (C=O) groups excluding carboxylic acids is 1. The topological polar surface area (TPSA) is 64.2 Å². The van der Waals surface area contributed by atoms with Crippen molar-refractivity contribution >= 4 is 11.8 Å². The fourth-order valence-electron chi connectivity index (χ4n) is 3.36. The summed E-state index contributed by atoms with van der Waals surface area (Å²) in [4.78, 5) is 24.3. The van der Waals surface area contributed by atoms with E-state index in [2.05, 4.69) is 6.92 Å². The van der Waals surface area contributed by atoms with Crippen molar-refractivity contribution < 1.29 is 14.7 Å². The minimum Gasteiger partial charge on any atom is -0.481 e. The number of hydrogen-bond donors (Lipinski definition) is 1. The highest BCUT2D eigenvalue weighted by molar-refractivity contribution is 6.07. The van der Waals surface area contributed by atoms with Crippen molar-refractivity contribution in [2.24, 2.45) is 0 Å². The lowest BCUT2D eigenvalue weighted by atomic mass is 9.96. The molecule has 122 valence electrons. The van der Waals surface area contributed by atoms with Crippen LogP contribution in [0.25, 0.3) is 0 Å². The molecule has 23 heavy (non-hydrogen) atoms. The fraction of sp³-hybridized carbons (Fsp3) is 0.444. The molecule has 0 amide bonds. The average Bonchev–Trinajstić information content (AvgIpc) is 3.18. The number of aryl methyl sites for hydroxylation is 1. The van der Waals surface area contributed by atoms with E-state index in [0.717, 1.165) is 31.5 Å². The van der Waals surface area contributed by atoms with Crippen LogP contribution in [0.3, 0.4) is 0 Å². The van der Waals surface area contributed by atoms with E-state index >= 15 is 0 Å². The van der Waals surface area contributed by atoms with Crippen molar-refractivity contribution in [3.05, 3.63) is 47.5 Å². The van der Waals surface area contributed by atoms with E-state index in [1.165, 1.54) is 0 Å². The molecule has 0 bridgehead atoms. The van der Waals surface area contributed by atoms with Crippen LogP contribution in [0.2, 0.25) is 0 Å². The summed E-state index contributed by atoms with van der Waals surface area (Å²) in [5.41, 5.74) is 2.03. The van der Waals surface area contributed by atoms with Gasteiger partial charge in [0.25, 0.3) is 0 Å². The Morgan fingerprint density at radius 3 is 2.83 bits per heavy atom. The van der Waals surface area contributed by atoms with Crippen LogP contribution in [0.4, 0.5) is 0 Å². The van der Waals surface area contributed by atoms with Crippen LogP contribution in [0, 0.1) is 0 Å². The molecule has 1 unspecified atom stereocenters. The highest BCUT2D eigenvalue weighted by atomic mass is 16.4. The van der Waals surface area contributed by atoms with Crippen molar-refractivity contribution in [1.29, 1.82) is 0 Å². The molecule has 0 spiro atoms. The maximum atomic E-state index is 12.9. The lowest BCUT2D eigenvalue weighted by Gasteiger charge is -2.23. The number of nitrogens with zero attached hydrogens (tertiary/aromatic N) is 2. The first-order valence-electron chi connectivity index (χ1n) is 8.25. The van der Waals surface area contributed by atoms with Gasteiger partial charge >= 0.3 is 5.97 Å². The van der Waals surface area contributed by atoms with E-state index in [1.54, 1.807) is 12.1 Å². The van der Waals surface area contributed by atoms with E-state index in [4.69, 9.17) is 0 Å². The van der Waals surface area contributed by atoms with Crippen LogP contribution in [0.15, 0.2) is 30.5 Å². The van der Waals surface area contributed by atoms with Gasteiger partial charge in [-0.1, -0.05) is 13.3 Å². The zero-order valence-corrected chi connectivity index (χ0v) is 13.4. The zero-order valence-electron chi connectivity index (χ0n) is 13.4. The van der Waals surface area contributed by atoms with Crippen molar-refractivity contribution in [1.82, 2.24) is 9.13 Å². The Morgan fingerprint density at radius 2 is 2.09 bits per heavy atom. The third-order valence-electron chi connectivity index (χ3n) is 4.59. The predicted octanol–water partition coefficient (Wildman–Crippen LogP) is 3.28. The minimum absolute atomic E-state index is 0.0246. The second-order valence-electron chi connectivity index (χ2n) is 6.10. The number of ketones is 1. The third kappa shape index (κ3) is 2.83. The van der Waals surface area contributed by atoms with Crippen LogP contribution in [-0.2, 0) is 17.9 Å². The number of aliphatic carboxylic acids is 1. The van der Waals surface area contributed by atoms with Gasteiger partial charge in [-0.25, -0.2) is 0 Å². The molecule has 2 aromatic rings. The summed E-state index contributed by atoms with van der Waals surface area (Å²) in [6.45, 7) is 3.67. The van der Waals surface area contributed by atoms with Gasteiger partial charge in [0, 0.05) is 25.0 Å². The van der Waals surface area contributed by atoms with Crippen LogP contribution < -0.4 is 0 Å². The lowest BCUT2D eigenvalue weighted by Crippen LogP contribution is -2.24. The van der Waals surface area contributed by atoms with Gasteiger partial charge in [0.1, 0.15) is 0 Å². The van der Waals surface area contributed by atoms with Crippen LogP contribution >= 0.6 is 0 Å². The average molecular weight is 314 g/mol. The van der Waals surface area contributed by atoms with Crippen molar-refractivity contribution in [2.45, 2.75) is 51.6 Å². The van der Waals surface area contributed by atoms with Gasteiger partial charge in [0.15, 0.2) is 0 Å². The summed E-state index contributed by atoms with van der Waals surface area (Å²) in [6, 6.07) is 7.30. The molecule has 0 fully saturated rings. The first-order valence-corrected chi connectivity index (χ1v) is 8.25. The molecular weight excluding hydrogens is 292 g/mol. The summed E-state index contributed by atoms with van der Waals surface area (Å²) >= 11 is 0. The maximum Gasteiger partial charge on any atom is 0.312 e. The Labute approximate surface area is 135 Å². The van der Waals surface area contributed by atoms with Crippen molar-refractivity contribution in [2.75, 3.05) is 0 Å². The van der Waals surface area contributed by atoms with Crippen molar-refractivity contribution in [3.8, 4) is 0 Å². The number of fused-ring (bicyclic) bond motifs is 1. The Bertz CT molecular complexity index is 726. The maximum absolute atomic E-state index is 12.9. The van der Waals surface area contributed by atoms with Gasteiger partial charge in [0.05, 0.1) is 17.3 Å². The number of rotatable bonds is 6. The molecule has 0 aliphatic carbocycles. The summed E-state index contributed by atoms with van der Waals surface area (Å²) in [5, 5.41) is 9.36. The number of carbonyl (C=O) groups is 2. The van der Waals surface area contributed by atoms with E-state index in [9.17, 15) is 14.7 Å². The lowest BCUT2D eigenvalue weighted by molar-refractivity contribution is -0.139. The Kier molecular flexibility index (Phi) is 4.37. The van der Waals surface area contributed by atoms with E-state index in [1.807, 2.05) is 27.5 Å². The standard InChI is InChI=1S/C18H22N2O3/c1-2-3-10-19-11-5-7-15(19)17(21)16-9-8-14-13(18(22)23)6-4-12-20(14)16/h5,7-9,11,13H,2-4,6,10,12H2,1H3,(H,22,23). The van der Waals surface area contributed by atoms with Crippen LogP contribution in [0.1, 0.15) is 60.4 Å². The summed E-state index contributed by atoms with van der Waals surface area (Å²) in [6.07, 6.45) is 5.47. The number of aromatic nitrogens is 2. The molecule has 1 aliphatic rings. The molecule has 5 nitrogen and oxygen atoms in total.